The Balaban J connectivity index is 1.45. The second kappa shape index (κ2) is 7.92. The molecule has 2 N–H and O–H groups in total. The normalized spacial score (nSPS) is 14.5. The molecule has 1 aliphatic carbocycles. The minimum absolute atomic E-state index is 0.000907. The first kappa shape index (κ1) is 18.3. The summed E-state index contributed by atoms with van der Waals surface area (Å²) in [5.74, 6) is 0.379. The molecule has 1 atom stereocenters. The number of hydrogen-bond donors (Lipinski definition) is 2. The number of benzene rings is 1. The van der Waals surface area contributed by atoms with Gasteiger partial charge in [-0.3, -0.25) is 4.79 Å². The Hall–Kier alpha value is -3.02. The summed E-state index contributed by atoms with van der Waals surface area (Å²) in [6.45, 7) is 0.504. The molecule has 0 radical (unpaired) electrons. The maximum atomic E-state index is 11.3. The third-order valence-corrected chi connectivity index (χ3v) is 5.40. The lowest BCUT2D eigenvalue weighted by Gasteiger charge is -2.16. The van der Waals surface area contributed by atoms with Crippen LogP contribution in [0, 0.1) is 0 Å². The van der Waals surface area contributed by atoms with Crippen LogP contribution in [0.4, 0.5) is 0 Å². The Labute approximate surface area is 164 Å². The van der Waals surface area contributed by atoms with Gasteiger partial charge < -0.3 is 19.4 Å². The van der Waals surface area contributed by atoms with Gasteiger partial charge in [-0.1, -0.05) is 12.1 Å². The molecule has 6 heteroatoms. The third-order valence-electron chi connectivity index (χ3n) is 5.40. The van der Waals surface area contributed by atoms with E-state index in [1.54, 1.807) is 6.20 Å². The van der Waals surface area contributed by atoms with E-state index >= 15 is 0 Å². The van der Waals surface area contributed by atoms with E-state index in [9.17, 15) is 9.90 Å². The lowest BCUT2D eigenvalue weighted by molar-refractivity contribution is -0.137. The van der Waals surface area contributed by atoms with E-state index in [1.165, 1.54) is 24.1 Å². The topological polar surface area (TPSA) is 80.1 Å². The third kappa shape index (κ3) is 3.96. The highest BCUT2D eigenvalue weighted by atomic mass is 16.5. The zero-order chi connectivity index (χ0) is 19.5. The highest BCUT2D eigenvalue weighted by molar-refractivity contribution is 5.68. The number of carbonyl (C=O) groups is 1. The number of hydrogen-bond acceptors (Lipinski definition) is 3. The van der Waals surface area contributed by atoms with Crippen LogP contribution in [0.2, 0.25) is 0 Å². The molecule has 0 bridgehead atoms. The van der Waals surface area contributed by atoms with Crippen LogP contribution < -0.4 is 4.74 Å². The summed E-state index contributed by atoms with van der Waals surface area (Å²) in [6.07, 6.45) is 8.32. The van der Waals surface area contributed by atoms with Crippen molar-refractivity contribution in [3.63, 3.8) is 0 Å². The molecule has 3 aromatic rings. The summed E-state index contributed by atoms with van der Waals surface area (Å²) < 4.78 is 7.80. The van der Waals surface area contributed by atoms with Gasteiger partial charge in [0.25, 0.3) is 0 Å². The van der Waals surface area contributed by atoms with Gasteiger partial charge in [0.1, 0.15) is 18.2 Å². The van der Waals surface area contributed by atoms with Crippen molar-refractivity contribution in [3.8, 4) is 5.75 Å². The maximum absolute atomic E-state index is 11.3. The van der Waals surface area contributed by atoms with Crippen LogP contribution in [0.25, 0.3) is 0 Å². The van der Waals surface area contributed by atoms with E-state index in [-0.39, 0.29) is 12.3 Å². The van der Waals surface area contributed by atoms with Gasteiger partial charge in [-0.2, -0.15) is 0 Å². The summed E-state index contributed by atoms with van der Waals surface area (Å²) in [5, 5.41) is 9.30. The number of H-pyrrole nitrogens is 1. The number of carboxylic acid groups (broad SMARTS) is 1. The minimum Gasteiger partial charge on any atom is -0.487 e. The van der Waals surface area contributed by atoms with Crippen molar-refractivity contribution in [3.05, 3.63) is 71.1 Å². The van der Waals surface area contributed by atoms with Gasteiger partial charge in [0, 0.05) is 25.1 Å². The summed E-state index contributed by atoms with van der Waals surface area (Å²) in [7, 11) is 1.88. The average molecular weight is 379 g/mol. The van der Waals surface area contributed by atoms with Crippen LogP contribution in [0.5, 0.6) is 5.75 Å². The molecule has 28 heavy (non-hydrogen) atoms. The molecule has 1 aliphatic rings. The molecule has 0 aliphatic heterocycles. The van der Waals surface area contributed by atoms with Crippen LogP contribution in [0.3, 0.4) is 0 Å². The van der Waals surface area contributed by atoms with Crippen molar-refractivity contribution in [2.45, 2.75) is 44.6 Å². The van der Waals surface area contributed by atoms with Gasteiger partial charge in [-0.15, -0.1) is 0 Å². The second-order valence-electron chi connectivity index (χ2n) is 7.41. The number of aromatic amines is 1. The lowest BCUT2D eigenvalue weighted by atomic mass is 9.94. The molecule has 0 saturated heterocycles. The summed E-state index contributed by atoms with van der Waals surface area (Å²) in [6, 6.07) is 9.87. The van der Waals surface area contributed by atoms with E-state index in [0.717, 1.165) is 35.7 Å². The molecule has 146 valence electrons. The largest absolute Gasteiger partial charge is 0.487 e. The Morgan fingerprint density at radius 3 is 2.75 bits per heavy atom. The number of fused-ring (bicyclic) bond motifs is 1. The smallest absolute Gasteiger partial charge is 0.304 e. The SMILES string of the molecule is Cn1ccnc1[C@@H](CC(=O)O)c1ccc(OCc2cc3c([nH]2)CCCC3)cc1. The van der Waals surface area contributed by atoms with Gasteiger partial charge in [0.2, 0.25) is 0 Å². The fourth-order valence-corrected chi connectivity index (χ4v) is 3.95. The molecule has 1 aromatic carbocycles. The molecule has 0 amide bonds. The number of aromatic nitrogens is 3. The highest BCUT2D eigenvalue weighted by Gasteiger charge is 2.21. The van der Waals surface area contributed by atoms with Crippen LogP contribution in [0.15, 0.2) is 42.7 Å². The van der Waals surface area contributed by atoms with Gasteiger partial charge in [-0.05, 0) is 55.0 Å². The zero-order valence-corrected chi connectivity index (χ0v) is 16.0. The molecule has 2 aromatic heterocycles. The predicted molar refractivity (Wildman–Crippen MR) is 106 cm³/mol. The van der Waals surface area contributed by atoms with Gasteiger partial charge in [0.05, 0.1) is 18.0 Å². The molecular formula is C22H25N3O3. The van der Waals surface area contributed by atoms with Crippen molar-refractivity contribution >= 4 is 5.97 Å². The molecule has 4 rings (SSSR count). The first-order valence-electron chi connectivity index (χ1n) is 9.71. The van der Waals surface area contributed by atoms with E-state index in [0.29, 0.717) is 6.61 Å². The van der Waals surface area contributed by atoms with E-state index in [1.807, 2.05) is 42.1 Å². The van der Waals surface area contributed by atoms with E-state index in [2.05, 4.69) is 16.0 Å². The van der Waals surface area contributed by atoms with Crippen molar-refractivity contribution in [1.82, 2.24) is 14.5 Å². The summed E-state index contributed by atoms with van der Waals surface area (Å²) >= 11 is 0. The molecule has 6 nitrogen and oxygen atoms in total. The molecule has 0 saturated carbocycles. The number of aliphatic carboxylic acids is 1. The molecule has 0 fully saturated rings. The van der Waals surface area contributed by atoms with Gasteiger partial charge >= 0.3 is 5.97 Å². The Morgan fingerprint density at radius 1 is 1.29 bits per heavy atom. The van der Waals surface area contributed by atoms with Crippen LogP contribution >= 0.6 is 0 Å². The summed E-state index contributed by atoms with van der Waals surface area (Å²) in [5.41, 5.74) is 4.80. The van der Waals surface area contributed by atoms with Gasteiger partial charge in [0.15, 0.2) is 0 Å². The Morgan fingerprint density at radius 2 is 2.07 bits per heavy atom. The van der Waals surface area contributed by atoms with Crippen LogP contribution in [0.1, 0.15) is 53.5 Å². The predicted octanol–water partition coefficient (Wildman–Crippen LogP) is 3.81. The minimum atomic E-state index is -0.843. The first-order valence-corrected chi connectivity index (χ1v) is 9.71. The Bertz CT molecular complexity index is 932. The average Bonchev–Trinajstić information content (AvgIpc) is 3.30. The van der Waals surface area contributed by atoms with Crippen molar-refractivity contribution in [2.75, 3.05) is 0 Å². The number of carboxylic acids is 1. The zero-order valence-electron chi connectivity index (χ0n) is 16.0. The number of ether oxygens (including phenoxy) is 1. The van der Waals surface area contributed by atoms with E-state index in [4.69, 9.17) is 4.74 Å². The lowest BCUT2D eigenvalue weighted by Crippen LogP contribution is -2.12. The Kier molecular flexibility index (Phi) is 5.19. The highest BCUT2D eigenvalue weighted by Crippen LogP contribution is 2.28. The molecule has 0 spiro atoms. The standard InChI is InChI=1S/C22H25N3O3/c1-25-11-10-23-22(25)19(13-21(26)27)15-6-8-18(9-7-15)28-14-17-12-16-4-2-3-5-20(16)24-17/h6-12,19,24H,2-5,13-14H2,1H3,(H,26,27)/t19-/m0/s1. The first-order chi connectivity index (χ1) is 13.6. The van der Waals surface area contributed by atoms with Crippen LogP contribution in [-0.4, -0.2) is 25.6 Å². The number of imidazole rings is 1. The number of aryl methyl sites for hydroxylation is 3. The van der Waals surface area contributed by atoms with Crippen LogP contribution in [-0.2, 0) is 31.3 Å². The molecule has 2 heterocycles. The molecular weight excluding hydrogens is 354 g/mol. The fraction of sp³-hybridized carbons (Fsp3) is 0.364. The fourth-order valence-electron chi connectivity index (χ4n) is 3.95. The van der Waals surface area contributed by atoms with Crippen molar-refractivity contribution in [1.29, 1.82) is 0 Å². The number of nitrogens with zero attached hydrogens (tertiary/aromatic N) is 2. The second-order valence-corrected chi connectivity index (χ2v) is 7.41. The quantitative estimate of drug-likeness (QED) is 0.654. The number of nitrogens with one attached hydrogen (secondary N) is 1. The van der Waals surface area contributed by atoms with Gasteiger partial charge in [-0.25, -0.2) is 4.98 Å². The van der Waals surface area contributed by atoms with E-state index < -0.39 is 5.97 Å². The monoisotopic (exact) mass is 379 g/mol. The number of rotatable bonds is 7. The maximum Gasteiger partial charge on any atom is 0.304 e. The van der Waals surface area contributed by atoms with Crippen molar-refractivity contribution in [2.24, 2.45) is 7.05 Å². The molecule has 0 unspecified atom stereocenters. The van der Waals surface area contributed by atoms with Crippen molar-refractivity contribution < 1.29 is 14.6 Å². The summed E-state index contributed by atoms with van der Waals surface area (Å²) in [4.78, 5) is 19.2.